The number of alkyl halides is 3. The molecule has 0 amide bonds. The normalized spacial score (nSPS) is 25.8. The van der Waals surface area contributed by atoms with E-state index in [4.69, 9.17) is 0 Å². The Kier molecular flexibility index (Phi) is 6.10. The van der Waals surface area contributed by atoms with Crippen LogP contribution in [0.2, 0.25) is 0 Å². The Labute approximate surface area is 98.1 Å². The lowest BCUT2D eigenvalue weighted by Gasteiger charge is -2.30. The molecule has 1 saturated heterocycles. The zero-order valence-electron chi connectivity index (χ0n) is 8.84. The highest BCUT2D eigenvalue weighted by Gasteiger charge is 2.43. The summed E-state index contributed by atoms with van der Waals surface area (Å²) in [7, 11) is 0. The topological polar surface area (TPSA) is 38.3 Å². The maximum atomic E-state index is 12.4. The summed E-state index contributed by atoms with van der Waals surface area (Å²) in [6, 6.07) is -0.815. The number of hydrogen-bond donors (Lipinski definition) is 1. The monoisotopic (exact) mass is 261 g/mol. The van der Waals surface area contributed by atoms with Gasteiger partial charge in [0.2, 0.25) is 0 Å². The van der Waals surface area contributed by atoms with Gasteiger partial charge in [-0.25, -0.2) is 0 Å². The molecule has 1 fully saturated rings. The van der Waals surface area contributed by atoms with Crippen molar-refractivity contribution >= 4 is 18.4 Å². The van der Waals surface area contributed by atoms with Gasteiger partial charge >= 0.3 is 12.1 Å². The lowest BCUT2D eigenvalue weighted by Crippen LogP contribution is -2.47. The minimum absolute atomic E-state index is 0. The molecule has 1 N–H and O–H groups in total. The fraction of sp³-hybridized carbons (Fsp3) is 0.889. The van der Waals surface area contributed by atoms with Gasteiger partial charge in [-0.3, -0.25) is 4.79 Å². The Morgan fingerprint density at radius 3 is 2.62 bits per heavy atom. The fourth-order valence-electron chi connectivity index (χ4n) is 1.64. The zero-order valence-corrected chi connectivity index (χ0v) is 9.66. The number of rotatable bonds is 2. The second-order valence-corrected chi connectivity index (χ2v) is 3.52. The van der Waals surface area contributed by atoms with E-state index in [-0.39, 0.29) is 38.4 Å². The van der Waals surface area contributed by atoms with Gasteiger partial charge in [0.25, 0.3) is 0 Å². The molecule has 0 aromatic heterocycles. The summed E-state index contributed by atoms with van der Waals surface area (Å²) in [6.07, 6.45) is -4.41. The average molecular weight is 262 g/mol. The van der Waals surface area contributed by atoms with E-state index in [0.29, 0.717) is 0 Å². The lowest BCUT2D eigenvalue weighted by molar-refractivity contribution is -0.185. The molecule has 0 saturated carbocycles. The highest BCUT2D eigenvalue weighted by atomic mass is 35.5. The van der Waals surface area contributed by atoms with Crippen molar-refractivity contribution in [1.29, 1.82) is 0 Å². The second kappa shape index (κ2) is 6.30. The quantitative estimate of drug-likeness (QED) is 0.772. The Balaban J connectivity index is 0.00000225. The molecular formula is C9H15ClF3NO2. The summed E-state index contributed by atoms with van der Waals surface area (Å²) < 4.78 is 41.8. The van der Waals surface area contributed by atoms with E-state index in [1.54, 1.807) is 6.92 Å². The zero-order chi connectivity index (χ0) is 11.5. The summed E-state index contributed by atoms with van der Waals surface area (Å²) in [4.78, 5) is 11.2. The average Bonchev–Trinajstić information content (AvgIpc) is 2.17. The fourth-order valence-corrected chi connectivity index (χ4v) is 1.64. The first-order chi connectivity index (χ1) is 6.95. The van der Waals surface area contributed by atoms with Crippen molar-refractivity contribution in [3.05, 3.63) is 0 Å². The van der Waals surface area contributed by atoms with Crippen molar-refractivity contribution in [3.63, 3.8) is 0 Å². The molecule has 2 atom stereocenters. The SMILES string of the molecule is CCOC(=O)C1CC(C(F)(F)F)CCN1.Cl. The standard InChI is InChI=1S/C9H14F3NO2.ClH/c1-2-15-8(14)7-5-6(3-4-13-7)9(10,11)12;/h6-7,13H,2-5H2,1H3;1H. The molecule has 0 aromatic rings. The number of esters is 1. The van der Waals surface area contributed by atoms with E-state index in [1.165, 1.54) is 0 Å². The maximum Gasteiger partial charge on any atom is 0.391 e. The van der Waals surface area contributed by atoms with Crippen LogP contribution in [0.5, 0.6) is 0 Å². The van der Waals surface area contributed by atoms with Crippen molar-refractivity contribution in [2.75, 3.05) is 13.2 Å². The number of piperidine rings is 1. The summed E-state index contributed by atoms with van der Waals surface area (Å²) in [6.45, 7) is 2.02. The number of nitrogens with one attached hydrogen (secondary N) is 1. The molecule has 1 heterocycles. The van der Waals surface area contributed by atoms with Crippen LogP contribution in [0.3, 0.4) is 0 Å². The van der Waals surface area contributed by atoms with E-state index in [0.717, 1.165) is 0 Å². The van der Waals surface area contributed by atoms with Crippen LogP contribution in [-0.4, -0.2) is 31.3 Å². The molecule has 1 aliphatic heterocycles. The van der Waals surface area contributed by atoms with E-state index in [9.17, 15) is 18.0 Å². The molecule has 1 rings (SSSR count). The number of hydrogen-bond acceptors (Lipinski definition) is 3. The van der Waals surface area contributed by atoms with Gasteiger partial charge in [-0.05, 0) is 26.3 Å². The van der Waals surface area contributed by atoms with E-state index in [2.05, 4.69) is 10.1 Å². The van der Waals surface area contributed by atoms with Crippen LogP contribution in [0.25, 0.3) is 0 Å². The third-order valence-corrected chi connectivity index (χ3v) is 2.44. The highest BCUT2D eigenvalue weighted by Crippen LogP contribution is 2.34. The molecule has 0 bridgehead atoms. The van der Waals surface area contributed by atoms with Gasteiger partial charge in [-0.1, -0.05) is 0 Å². The number of carbonyl (C=O) groups is 1. The highest BCUT2D eigenvalue weighted by molar-refractivity contribution is 5.85. The van der Waals surface area contributed by atoms with Crippen LogP contribution >= 0.6 is 12.4 Å². The Hall–Kier alpha value is -0.490. The van der Waals surface area contributed by atoms with Crippen LogP contribution in [0.1, 0.15) is 19.8 Å². The first-order valence-electron chi connectivity index (χ1n) is 4.92. The Morgan fingerprint density at radius 2 is 2.12 bits per heavy atom. The van der Waals surface area contributed by atoms with E-state index in [1.807, 2.05) is 0 Å². The minimum atomic E-state index is -4.22. The van der Waals surface area contributed by atoms with Gasteiger partial charge in [0.05, 0.1) is 12.5 Å². The van der Waals surface area contributed by atoms with Crippen molar-refractivity contribution in [2.24, 2.45) is 5.92 Å². The maximum absolute atomic E-state index is 12.4. The van der Waals surface area contributed by atoms with Crippen LogP contribution in [-0.2, 0) is 9.53 Å². The van der Waals surface area contributed by atoms with Gasteiger partial charge in [-0.2, -0.15) is 13.2 Å². The van der Waals surface area contributed by atoms with Crippen LogP contribution in [0.15, 0.2) is 0 Å². The molecule has 0 spiro atoms. The molecule has 0 radical (unpaired) electrons. The third kappa shape index (κ3) is 4.17. The van der Waals surface area contributed by atoms with Crippen molar-refractivity contribution < 1.29 is 22.7 Å². The second-order valence-electron chi connectivity index (χ2n) is 3.52. The lowest BCUT2D eigenvalue weighted by atomic mass is 9.92. The summed E-state index contributed by atoms with van der Waals surface area (Å²) >= 11 is 0. The van der Waals surface area contributed by atoms with Crippen LogP contribution in [0, 0.1) is 5.92 Å². The predicted molar refractivity (Wildman–Crippen MR) is 54.5 cm³/mol. The largest absolute Gasteiger partial charge is 0.465 e. The third-order valence-electron chi connectivity index (χ3n) is 2.44. The molecule has 0 aromatic carbocycles. The molecule has 3 nitrogen and oxygen atoms in total. The molecule has 2 unspecified atom stereocenters. The predicted octanol–water partition coefficient (Wildman–Crippen LogP) is 1.90. The Bertz CT molecular complexity index is 235. The molecule has 16 heavy (non-hydrogen) atoms. The van der Waals surface area contributed by atoms with Crippen LogP contribution < -0.4 is 5.32 Å². The molecule has 96 valence electrons. The van der Waals surface area contributed by atoms with Crippen molar-refractivity contribution in [3.8, 4) is 0 Å². The number of ether oxygens (including phenoxy) is 1. The molecule has 7 heteroatoms. The summed E-state index contributed by atoms with van der Waals surface area (Å²) in [5.41, 5.74) is 0. The number of halogens is 4. The molecule has 0 aliphatic carbocycles. The first kappa shape index (κ1) is 15.5. The van der Waals surface area contributed by atoms with Crippen molar-refractivity contribution in [2.45, 2.75) is 32.0 Å². The minimum Gasteiger partial charge on any atom is -0.465 e. The van der Waals surface area contributed by atoms with Gasteiger partial charge in [0.15, 0.2) is 0 Å². The van der Waals surface area contributed by atoms with Gasteiger partial charge < -0.3 is 10.1 Å². The molecule has 1 aliphatic rings. The smallest absolute Gasteiger partial charge is 0.391 e. The van der Waals surface area contributed by atoms with Gasteiger partial charge in [0.1, 0.15) is 6.04 Å². The van der Waals surface area contributed by atoms with Gasteiger partial charge in [0, 0.05) is 0 Å². The summed E-state index contributed by atoms with van der Waals surface area (Å²) in [5, 5.41) is 2.73. The first-order valence-corrected chi connectivity index (χ1v) is 4.92. The van der Waals surface area contributed by atoms with Crippen molar-refractivity contribution in [1.82, 2.24) is 5.32 Å². The number of carbonyl (C=O) groups excluding carboxylic acids is 1. The Morgan fingerprint density at radius 1 is 1.50 bits per heavy atom. The van der Waals surface area contributed by atoms with Gasteiger partial charge in [-0.15, -0.1) is 12.4 Å². The molecular weight excluding hydrogens is 247 g/mol. The van der Waals surface area contributed by atoms with E-state index < -0.39 is 24.1 Å². The van der Waals surface area contributed by atoms with Crippen LogP contribution in [0.4, 0.5) is 13.2 Å². The summed E-state index contributed by atoms with van der Waals surface area (Å²) in [5.74, 6) is -1.99. The van der Waals surface area contributed by atoms with E-state index >= 15 is 0 Å².